The zero-order valence-corrected chi connectivity index (χ0v) is 35.4. The van der Waals surface area contributed by atoms with E-state index in [9.17, 15) is 0 Å². The summed E-state index contributed by atoms with van der Waals surface area (Å²) < 4.78 is 9.01. The Morgan fingerprint density at radius 3 is 1.65 bits per heavy atom. The van der Waals surface area contributed by atoms with Crippen molar-refractivity contribution in [3.8, 4) is 39.1 Å². The maximum atomic E-state index is 6.59. The second-order valence-corrected chi connectivity index (χ2v) is 16.8. The van der Waals surface area contributed by atoms with Gasteiger partial charge >= 0.3 is 0 Å². The van der Waals surface area contributed by atoms with E-state index in [1.54, 1.807) is 0 Å². The molecular weight excluding hydrogens is 789 g/mol. The van der Waals surface area contributed by atoms with Crippen LogP contribution in [0.15, 0.2) is 247 Å². The Morgan fingerprint density at radius 2 is 0.862 bits per heavy atom. The van der Waals surface area contributed by atoms with E-state index in [1.165, 1.54) is 43.4 Å². The van der Waals surface area contributed by atoms with E-state index >= 15 is 0 Å². The molecular formula is C62H40N2O. The van der Waals surface area contributed by atoms with Gasteiger partial charge in [0.25, 0.3) is 0 Å². The van der Waals surface area contributed by atoms with Gasteiger partial charge in [-0.2, -0.15) is 0 Å². The van der Waals surface area contributed by atoms with E-state index in [0.717, 1.165) is 78.1 Å². The van der Waals surface area contributed by atoms with E-state index in [4.69, 9.17) is 4.42 Å². The SMILES string of the molecule is c1cc(-c2ccccc2-n2c3ccccc3c3ccccc32)cc(N(c2cccc(-c3cccc4c3oc3ccccc34)c2)c2ccccc2-c2ccc3c(ccc4ccccc43)c2)c1. The molecule has 2 aromatic heterocycles. The van der Waals surface area contributed by atoms with Gasteiger partial charge in [0, 0.05) is 49.6 Å². The van der Waals surface area contributed by atoms with Gasteiger partial charge in [-0.3, -0.25) is 0 Å². The molecule has 0 unspecified atom stereocenters. The van der Waals surface area contributed by atoms with Crippen LogP contribution in [0.4, 0.5) is 17.1 Å². The molecule has 3 nitrogen and oxygen atoms in total. The predicted molar refractivity (Wildman–Crippen MR) is 274 cm³/mol. The Kier molecular flexibility index (Phi) is 8.53. The van der Waals surface area contributed by atoms with Crippen molar-refractivity contribution >= 4 is 82.4 Å². The van der Waals surface area contributed by atoms with Gasteiger partial charge < -0.3 is 13.9 Å². The minimum absolute atomic E-state index is 0.892. The highest BCUT2D eigenvalue weighted by atomic mass is 16.3. The number of furan rings is 1. The number of aromatic nitrogens is 1. The molecule has 0 bridgehead atoms. The highest BCUT2D eigenvalue weighted by Crippen LogP contribution is 2.45. The van der Waals surface area contributed by atoms with Crippen LogP contribution in [0.3, 0.4) is 0 Å². The van der Waals surface area contributed by atoms with Crippen LogP contribution >= 0.6 is 0 Å². The van der Waals surface area contributed by atoms with Crippen LogP contribution in [0.25, 0.3) is 104 Å². The fourth-order valence-corrected chi connectivity index (χ4v) is 10.2. The summed E-state index contributed by atoms with van der Waals surface area (Å²) >= 11 is 0. The summed E-state index contributed by atoms with van der Waals surface area (Å²) in [7, 11) is 0. The van der Waals surface area contributed by atoms with Gasteiger partial charge in [-0.05, 0) is 98.9 Å². The number of rotatable bonds is 7. The van der Waals surface area contributed by atoms with Crippen molar-refractivity contribution in [1.29, 1.82) is 0 Å². The maximum absolute atomic E-state index is 6.59. The van der Waals surface area contributed by atoms with Gasteiger partial charge in [-0.25, -0.2) is 0 Å². The molecule has 0 radical (unpaired) electrons. The van der Waals surface area contributed by atoms with E-state index in [0.29, 0.717) is 0 Å². The van der Waals surface area contributed by atoms with Crippen molar-refractivity contribution in [3.05, 3.63) is 243 Å². The van der Waals surface area contributed by atoms with E-state index in [1.807, 2.05) is 6.07 Å². The third-order valence-electron chi connectivity index (χ3n) is 13.2. The van der Waals surface area contributed by atoms with E-state index in [2.05, 4.69) is 246 Å². The molecule has 0 aliphatic carbocycles. The van der Waals surface area contributed by atoms with Crippen molar-refractivity contribution in [3.63, 3.8) is 0 Å². The first-order valence-corrected chi connectivity index (χ1v) is 22.2. The first-order chi connectivity index (χ1) is 32.2. The molecule has 2 heterocycles. The Hall–Kier alpha value is -8.66. The fraction of sp³-hybridized carbons (Fsp3) is 0. The monoisotopic (exact) mass is 828 g/mol. The Labute approximate surface area is 376 Å². The Balaban J connectivity index is 1.01. The van der Waals surface area contributed by atoms with Gasteiger partial charge in [0.2, 0.25) is 0 Å². The van der Waals surface area contributed by atoms with Crippen LogP contribution in [0.1, 0.15) is 0 Å². The lowest BCUT2D eigenvalue weighted by atomic mass is 9.95. The first-order valence-electron chi connectivity index (χ1n) is 22.2. The lowest BCUT2D eigenvalue weighted by Gasteiger charge is -2.29. The van der Waals surface area contributed by atoms with Gasteiger partial charge in [-0.15, -0.1) is 0 Å². The second-order valence-electron chi connectivity index (χ2n) is 16.8. The van der Waals surface area contributed by atoms with Gasteiger partial charge in [0.05, 0.1) is 22.4 Å². The Morgan fingerprint density at radius 1 is 0.323 bits per heavy atom. The van der Waals surface area contributed by atoms with Crippen LogP contribution in [0.2, 0.25) is 0 Å². The maximum Gasteiger partial charge on any atom is 0.143 e. The van der Waals surface area contributed by atoms with E-state index in [-0.39, 0.29) is 0 Å². The van der Waals surface area contributed by atoms with Crippen molar-refractivity contribution < 1.29 is 4.42 Å². The molecule has 0 fully saturated rings. The largest absolute Gasteiger partial charge is 0.455 e. The normalized spacial score (nSPS) is 11.7. The third kappa shape index (κ3) is 6.05. The number of para-hydroxylation sites is 6. The average Bonchev–Trinajstić information content (AvgIpc) is 3.93. The number of hydrogen-bond donors (Lipinski definition) is 0. The summed E-state index contributed by atoms with van der Waals surface area (Å²) in [6.07, 6.45) is 0. The predicted octanol–water partition coefficient (Wildman–Crippen LogP) is 17.5. The molecule has 0 aliphatic rings. The fourth-order valence-electron chi connectivity index (χ4n) is 10.2. The molecule has 0 atom stereocenters. The molecule has 65 heavy (non-hydrogen) atoms. The number of nitrogens with zero attached hydrogens (tertiary/aromatic N) is 2. The second kappa shape index (κ2) is 15.0. The molecule has 0 spiro atoms. The molecule has 0 saturated carbocycles. The minimum atomic E-state index is 0.892. The highest BCUT2D eigenvalue weighted by molar-refractivity contribution is 6.12. The van der Waals surface area contributed by atoms with Crippen LogP contribution in [-0.4, -0.2) is 4.57 Å². The lowest BCUT2D eigenvalue weighted by Crippen LogP contribution is -2.11. The number of hydrogen-bond acceptors (Lipinski definition) is 2. The highest BCUT2D eigenvalue weighted by Gasteiger charge is 2.21. The zero-order chi connectivity index (χ0) is 42.8. The molecule has 3 heteroatoms. The quantitative estimate of drug-likeness (QED) is 0.149. The standard InChI is InChI=1S/C62H40N2O/c1-2-21-48-41(16-1)34-35-44-38-45(36-37-49(44)48)51-23-3-8-29-57(51)63(47-20-14-18-43(40-47)52-27-15-28-56-55-26-7-12-33-61(55)65-62(52)56)46-19-13-17-42(39-46)50-22-4-9-30-58(50)64-59-31-10-5-24-53(59)54-25-6-11-32-60(54)64/h1-40H. The molecule has 304 valence electrons. The van der Waals surface area contributed by atoms with Crippen molar-refractivity contribution in [2.75, 3.05) is 4.90 Å². The molecule has 0 aliphatic heterocycles. The Bertz CT molecular complexity index is 3930. The van der Waals surface area contributed by atoms with Gasteiger partial charge in [-0.1, -0.05) is 182 Å². The summed E-state index contributed by atoms with van der Waals surface area (Å²) in [5.41, 5.74) is 15.2. The smallest absolute Gasteiger partial charge is 0.143 e. The average molecular weight is 829 g/mol. The van der Waals surface area contributed by atoms with Gasteiger partial charge in [0.1, 0.15) is 11.2 Å². The molecule has 13 rings (SSSR count). The number of anilines is 3. The van der Waals surface area contributed by atoms with Crippen molar-refractivity contribution in [2.24, 2.45) is 0 Å². The molecule has 11 aromatic carbocycles. The number of benzene rings is 11. The number of fused-ring (bicyclic) bond motifs is 9. The van der Waals surface area contributed by atoms with Gasteiger partial charge in [0.15, 0.2) is 0 Å². The summed E-state index contributed by atoms with van der Waals surface area (Å²) in [5.74, 6) is 0. The van der Waals surface area contributed by atoms with Crippen LogP contribution in [0, 0.1) is 0 Å². The molecule has 0 saturated heterocycles. The molecule has 13 aromatic rings. The van der Waals surface area contributed by atoms with Crippen molar-refractivity contribution in [2.45, 2.75) is 0 Å². The summed E-state index contributed by atoms with van der Waals surface area (Å²) in [6.45, 7) is 0. The summed E-state index contributed by atoms with van der Waals surface area (Å²) in [4.78, 5) is 2.43. The summed E-state index contributed by atoms with van der Waals surface area (Å²) in [6, 6.07) is 87.8. The van der Waals surface area contributed by atoms with Crippen LogP contribution in [-0.2, 0) is 0 Å². The van der Waals surface area contributed by atoms with Crippen molar-refractivity contribution in [1.82, 2.24) is 4.57 Å². The van der Waals surface area contributed by atoms with Crippen LogP contribution < -0.4 is 4.90 Å². The molecule has 0 amide bonds. The topological polar surface area (TPSA) is 21.3 Å². The van der Waals surface area contributed by atoms with Crippen LogP contribution in [0.5, 0.6) is 0 Å². The third-order valence-corrected chi connectivity index (χ3v) is 13.2. The van der Waals surface area contributed by atoms with E-state index < -0.39 is 0 Å². The summed E-state index contributed by atoms with van der Waals surface area (Å²) in [5, 5.41) is 9.71. The first kappa shape index (κ1) is 36.9. The lowest BCUT2D eigenvalue weighted by molar-refractivity contribution is 0.670. The minimum Gasteiger partial charge on any atom is -0.455 e. The zero-order valence-electron chi connectivity index (χ0n) is 35.4. The molecule has 0 N–H and O–H groups in total.